The molecule has 0 bridgehead atoms. The molecular weight excluding hydrogens is 250 g/mol. The number of nitrogens with one attached hydrogen (secondary N) is 1. The zero-order valence-electron chi connectivity index (χ0n) is 7.62. The fraction of sp³-hybridized carbons (Fsp3) is 0.222. The summed E-state index contributed by atoms with van der Waals surface area (Å²) in [5.41, 5.74) is 2.15. The van der Waals surface area contributed by atoms with Gasteiger partial charge in [0.25, 0.3) is 5.91 Å². The Balaban J connectivity index is 2.41. The van der Waals surface area contributed by atoms with Crippen LogP contribution >= 0.6 is 15.9 Å². The van der Waals surface area contributed by atoms with E-state index in [4.69, 9.17) is 4.74 Å². The molecule has 4 nitrogen and oxygen atoms in total. The highest BCUT2D eigenvalue weighted by Gasteiger charge is 2.01. The third-order valence-electron chi connectivity index (χ3n) is 1.38. The van der Waals surface area contributed by atoms with Crippen molar-refractivity contribution in [1.82, 2.24) is 5.48 Å². The maximum Gasteiger partial charge on any atom is 0.281 e. The molecule has 76 valence electrons. The Morgan fingerprint density at radius 1 is 1.57 bits per heavy atom. The minimum absolute atomic E-state index is 0.0652. The van der Waals surface area contributed by atoms with Gasteiger partial charge in [-0.15, -0.1) is 0 Å². The SMILES string of the molecule is CONC(=O)COc1cccc(Br)c1. The van der Waals surface area contributed by atoms with Crippen molar-refractivity contribution in [2.24, 2.45) is 0 Å². The van der Waals surface area contributed by atoms with Crippen molar-refractivity contribution in [3.63, 3.8) is 0 Å². The Bertz CT molecular complexity index is 317. The van der Waals surface area contributed by atoms with Gasteiger partial charge in [-0.1, -0.05) is 22.0 Å². The molecule has 0 aliphatic heterocycles. The van der Waals surface area contributed by atoms with Crippen LogP contribution < -0.4 is 10.2 Å². The molecule has 0 aliphatic carbocycles. The van der Waals surface area contributed by atoms with Gasteiger partial charge in [0.15, 0.2) is 6.61 Å². The topological polar surface area (TPSA) is 47.6 Å². The fourth-order valence-electron chi connectivity index (χ4n) is 0.849. The van der Waals surface area contributed by atoms with Gasteiger partial charge in [0.05, 0.1) is 7.11 Å². The summed E-state index contributed by atoms with van der Waals surface area (Å²) >= 11 is 3.29. The lowest BCUT2D eigenvalue weighted by Crippen LogP contribution is -2.27. The number of benzene rings is 1. The third-order valence-corrected chi connectivity index (χ3v) is 1.88. The highest BCUT2D eigenvalue weighted by molar-refractivity contribution is 9.10. The predicted octanol–water partition coefficient (Wildman–Crippen LogP) is 1.51. The Labute approximate surface area is 90.3 Å². The number of carbonyl (C=O) groups is 1. The van der Waals surface area contributed by atoms with E-state index in [2.05, 4.69) is 26.2 Å². The van der Waals surface area contributed by atoms with Crippen LogP contribution in [0.3, 0.4) is 0 Å². The largest absolute Gasteiger partial charge is 0.484 e. The van der Waals surface area contributed by atoms with Crippen molar-refractivity contribution >= 4 is 21.8 Å². The lowest BCUT2D eigenvalue weighted by molar-refractivity contribution is -0.133. The van der Waals surface area contributed by atoms with Crippen molar-refractivity contribution in [2.45, 2.75) is 0 Å². The first-order chi connectivity index (χ1) is 6.72. The van der Waals surface area contributed by atoms with Gasteiger partial charge in [-0.2, -0.15) is 0 Å². The summed E-state index contributed by atoms with van der Waals surface area (Å²) in [5, 5.41) is 0. The van der Waals surface area contributed by atoms with Crippen LogP contribution in [-0.4, -0.2) is 19.6 Å². The van der Waals surface area contributed by atoms with Crippen LogP contribution in [0.2, 0.25) is 0 Å². The molecule has 0 spiro atoms. The van der Waals surface area contributed by atoms with Crippen LogP contribution in [-0.2, 0) is 9.63 Å². The van der Waals surface area contributed by atoms with Crippen molar-refractivity contribution in [1.29, 1.82) is 0 Å². The van der Waals surface area contributed by atoms with E-state index >= 15 is 0 Å². The summed E-state index contributed by atoms with van der Waals surface area (Å²) < 4.78 is 6.08. The van der Waals surface area contributed by atoms with Crippen molar-refractivity contribution in [3.05, 3.63) is 28.7 Å². The van der Waals surface area contributed by atoms with E-state index in [1.54, 1.807) is 12.1 Å². The van der Waals surface area contributed by atoms with Crippen LogP contribution in [0.1, 0.15) is 0 Å². The number of hydroxylamine groups is 1. The van der Waals surface area contributed by atoms with E-state index < -0.39 is 0 Å². The number of ether oxygens (including phenoxy) is 1. The molecule has 1 aromatic rings. The molecule has 0 radical (unpaired) electrons. The summed E-state index contributed by atoms with van der Waals surface area (Å²) in [7, 11) is 1.37. The number of carbonyl (C=O) groups excluding carboxylic acids is 1. The van der Waals surface area contributed by atoms with Gasteiger partial charge in [-0.25, -0.2) is 5.48 Å². The van der Waals surface area contributed by atoms with Gasteiger partial charge in [-0.3, -0.25) is 9.63 Å². The Kier molecular flexibility index (Phi) is 4.42. The smallest absolute Gasteiger partial charge is 0.281 e. The molecule has 0 saturated heterocycles. The van der Waals surface area contributed by atoms with Crippen LogP contribution in [0.5, 0.6) is 5.75 Å². The zero-order chi connectivity index (χ0) is 10.4. The van der Waals surface area contributed by atoms with E-state index in [1.165, 1.54) is 7.11 Å². The lowest BCUT2D eigenvalue weighted by atomic mass is 10.3. The van der Waals surface area contributed by atoms with Crippen LogP contribution in [0.4, 0.5) is 0 Å². The Morgan fingerprint density at radius 3 is 3.00 bits per heavy atom. The van der Waals surface area contributed by atoms with Gasteiger partial charge >= 0.3 is 0 Å². The number of rotatable bonds is 4. The molecule has 0 atom stereocenters. The molecule has 1 N–H and O–H groups in total. The number of hydrogen-bond donors (Lipinski definition) is 1. The third kappa shape index (κ3) is 3.76. The summed E-state index contributed by atoms with van der Waals surface area (Å²) in [6, 6.07) is 7.25. The zero-order valence-corrected chi connectivity index (χ0v) is 9.21. The first-order valence-corrected chi connectivity index (χ1v) is 4.72. The summed E-state index contributed by atoms with van der Waals surface area (Å²) in [6.07, 6.45) is 0. The van der Waals surface area contributed by atoms with Gasteiger partial charge in [0.2, 0.25) is 0 Å². The minimum Gasteiger partial charge on any atom is -0.484 e. The Morgan fingerprint density at radius 2 is 2.36 bits per heavy atom. The maximum absolute atomic E-state index is 10.9. The van der Waals surface area contributed by atoms with Gasteiger partial charge < -0.3 is 4.74 Å². The molecule has 5 heteroatoms. The highest BCUT2D eigenvalue weighted by atomic mass is 79.9. The number of amides is 1. The minimum atomic E-state index is -0.326. The standard InChI is InChI=1S/C9H10BrNO3/c1-13-11-9(12)6-14-8-4-2-3-7(10)5-8/h2-5H,6H2,1H3,(H,11,12). The van der Waals surface area contributed by atoms with Crippen LogP contribution in [0, 0.1) is 0 Å². The Hall–Kier alpha value is -1.07. The summed E-state index contributed by atoms with van der Waals surface area (Å²) in [4.78, 5) is 15.4. The summed E-state index contributed by atoms with van der Waals surface area (Å²) in [6.45, 7) is -0.0652. The first kappa shape index (κ1) is 11.0. The van der Waals surface area contributed by atoms with Gasteiger partial charge in [0, 0.05) is 4.47 Å². The van der Waals surface area contributed by atoms with Crippen molar-refractivity contribution < 1.29 is 14.4 Å². The van der Waals surface area contributed by atoms with Gasteiger partial charge in [0.1, 0.15) is 5.75 Å². The summed E-state index contributed by atoms with van der Waals surface area (Å²) in [5.74, 6) is 0.304. The molecular formula is C9H10BrNO3. The van der Waals surface area contributed by atoms with E-state index in [1.807, 2.05) is 12.1 Å². The van der Waals surface area contributed by atoms with Gasteiger partial charge in [-0.05, 0) is 18.2 Å². The average Bonchev–Trinajstić information content (AvgIpc) is 2.15. The van der Waals surface area contributed by atoms with Crippen molar-refractivity contribution in [2.75, 3.05) is 13.7 Å². The van der Waals surface area contributed by atoms with E-state index in [0.29, 0.717) is 5.75 Å². The average molecular weight is 260 g/mol. The molecule has 1 amide bonds. The second-order valence-corrected chi connectivity index (χ2v) is 3.39. The first-order valence-electron chi connectivity index (χ1n) is 3.92. The number of hydrogen-bond acceptors (Lipinski definition) is 3. The van der Waals surface area contributed by atoms with E-state index in [9.17, 15) is 4.79 Å². The molecule has 14 heavy (non-hydrogen) atoms. The molecule has 0 saturated carbocycles. The molecule has 0 heterocycles. The predicted molar refractivity (Wildman–Crippen MR) is 54.8 cm³/mol. The lowest BCUT2D eigenvalue weighted by Gasteiger charge is -2.05. The molecule has 0 aromatic heterocycles. The van der Waals surface area contributed by atoms with E-state index in [0.717, 1.165) is 4.47 Å². The monoisotopic (exact) mass is 259 g/mol. The van der Waals surface area contributed by atoms with Crippen LogP contribution in [0.15, 0.2) is 28.7 Å². The number of halogens is 1. The molecule has 0 fully saturated rings. The second-order valence-electron chi connectivity index (χ2n) is 2.48. The molecule has 1 rings (SSSR count). The fourth-order valence-corrected chi connectivity index (χ4v) is 1.23. The molecule has 0 unspecified atom stereocenters. The highest BCUT2D eigenvalue weighted by Crippen LogP contribution is 2.17. The normalized spacial score (nSPS) is 9.57. The van der Waals surface area contributed by atoms with Crippen molar-refractivity contribution in [3.8, 4) is 5.75 Å². The van der Waals surface area contributed by atoms with E-state index in [-0.39, 0.29) is 12.5 Å². The van der Waals surface area contributed by atoms with Crippen LogP contribution in [0.25, 0.3) is 0 Å². The quantitative estimate of drug-likeness (QED) is 0.834. The molecule has 0 aliphatic rings. The maximum atomic E-state index is 10.9. The molecule has 1 aromatic carbocycles. The second kappa shape index (κ2) is 5.62.